The minimum atomic E-state index is 0.142. The van der Waals surface area contributed by atoms with Crippen LogP contribution in [0.5, 0.6) is 0 Å². The monoisotopic (exact) mass is 222 g/mol. The Morgan fingerprint density at radius 3 is 3.00 bits per heavy atom. The summed E-state index contributed by atoms with van der Waals surface area (Å²) in [5.41, 5.74) is 2.05. The van der Waals surface area contributed by atoms with Gasteiger partial charge in [-0.25, -0.2) is 0 Å². The number of hydrogen-bond donors (Lipinski definition) is 1. The Labute approximate surface area is 93.8 Å². The topological polar surface area (TPSA) is 32.3 Å². The van der Waals surface area contributed by atoms with Crippen molar-refractivity contribution < 1.29 is 4.79 Å². The number of amides is 1. The number of rotatable bonds is 2. The van der Waals surface area contributed by atoms with Crippen LogP contribution >= 0.6 is 11.8 Å². The predicted octanol–water partition coefficient (Wildman–Crippen LogP) is 2.19. The summed E-state index contributed by atoms with van der Waals surface area (Å²) in [5, 5.41) is 3.13. The number of thioether (sulfide) groups is 1. The number of hydrogen-bond acceptors (Lipinski definition) is 3. The Balaban J connectivity index is 2.45. The average molecular weight is 222 g/mol. The molecule has 1 aromatic rings. The van der Waals surface area contributed by atoms with Crippen LogP contribution < -0.4 is 10.2 Å². The van der Waals surface area contributed by atoms with E-state index in [0.29, 0.717) is 6.54 Å². The van der Waals surface area contributed by atoms with Crippen molar-refractivity contribution in [3.8, 4) is 0 Å². The van der Waals surface area contributed by atoms with E-state index in [1.807, 2.05) is 24.1 Å². The maximum Gasteiger partial charge on any atom is 0.246 e. The highest BCUT2D eigenvalue weighted by Crippen LogP contribution is 2.32. The molecule has 1 aliphatic heterocycles. The maximum absolute atomic E-state index is 11.6. The first kappa shape index (κ1) is 10.4. The lowest BCUT2D eigenvalue weighted by Gasteiger charge is -2.29. The lowest BCUT2D eigenvalue weighted by Crippen LogP contribution is -2.39. The quantitative estimate of drug-likeness (QED) is 0.778. The smallest absolute Gasteiger partial charge is 0.246 e. The maximum atomic E-state index is 11.6. The lowest BCUT2D eigenvalue weighted by atomic mass is 10.2. The lowest BCUT2D eigenvalue weighted by molar-refractivity contribution is -0.117. The zero-order valence-corrected chi connectivity index (χ0v) is 9.73. The Morgan fingerprint density at radius 2 is 2.33 bits per heavy atom. The number of anilines is 2. The van der Waals surface area contributed by atoms with Crippen LogP contribution in [0.25, 0.3) is 0 Å². The summed E-state index contributed by atoms with van der Waals surface area (Å²) >= 11 is 1.69. The Morgan fingerprint density at radius 1 is 1.53 bits per heavy atom. The molecule has 1 amide bonds. The fraction of sp³-hybridized carbons (Fsp3) is 0.364. The van der Waals surface area contributed by atoms with E-state index < -0.39 is 0 Å². The fourth-order valence-corrected chi connectivity index (χ4v) is 2.19. The van der Waals surface area contributed by atoms with Gasteiger partial charge in [-0.3, -0.25) is 4.79 Å². The standard InChI is InChI=1S/C11H14N2OS/c1-3-13-10-6-8(15-2)4-5-9(10)12-7-11(13)14/h4-6,12H,3,7H2,1-2H3. The molecule has 80 valence electrons. The minimum Gasteiger partial charge on any atom is -0.374 e. The Bertz CT molecular complexity index is 392. The second-order valence-electron chi connectivity index (χ2n) is 3.37. The van der Waals surface area contributed by atoms with Gasteiger partial charge in [-0.1, -0.05) is 0 Å². The molecule has 4 heteroatoms. The van der Waals surface area contributed by atoms with E-state index >= 15 is 0 Å². The van der Waals surface area contributed by atoms with E-state index in [4.69, 9.17) is 0 Å². The van der Waals surface area contributed by atoms with Crippen molar-refractivity contribution in [2.24, 2.45) is 0 Å². The van der Waals surface area contributed by atoms with Gasteiger partial charge in [0, 0.05) is 11.4 Å². The third kappa shape index (κ3) is 1.81. The summed E-state index contributed by atoms with van der Waals surface area (Å²) in [5.74, 6) is 0.142. The first-order valence-electron chi connectivity index (χ1n) is 4.98. The van der Waals surface area contributed by atoms with Gasteiger partial charge in [-0.05, 0) is 31.4 Å². The fourth-order valence-electron chi connectivity index (χ4n) is 1.76. The number of nitrogens with one attached hydrogen (secondary N) is 1. The van der Waals surface area contributed by atoms with E-state index in [1.54, 1.807) is 11.8 Å². The van der Waals surface area contributed by atoms with Gasteiger partial charge in [0.25, 0.3) is 0 Å². The van der Waals surface area contributed by atoms with Gasteiger partial charge >= 0.3 is 0 Å². The number of carbonyl (C=O) groups excluding carboxylic acids is 1. The van der Waals surface area contributed by atoms with Crippen LogP contribution in [-0.4, -0.2) is 25.3 Å². The molecule has 0 fully saturated rings. The Kier molecular flexibility index (Phi) is 2.86. The number of likely N-dealkylation sites (N-methyl/N-ethyl adjacent to an activating group) is 1. The zero-order chi connectivity index (χ0) is 10.8. The van der Waals surface area contributed by atoms with E-state index in [1.165, 1.54) is 4.90 Å². The average Bonchev–Trinajstić information content (AvgIpc) is 2.28. The summed E-state index contributed by atoms with van der Waals surface area (Å²) in [6, 6.07) is 6.17. The van der Waals surface area contributed by atoms with Crippen LogP contribution in [0.3, 0.4) is 0 Å². The summed E-state index contributed by atoms with van der Waals surface area (Å²) in [4.78, 5) is 14.7. The molecule has 0 saturated carbocycles. The number of benzene rings is 1. The van der Waals surface area contributed by atoms with Gasteiger partial charge in [0.05, 0.1) is 17.9 Å². The van der Waals surface area contributed by atoms with E-state index in [0.717, 1.165) is 17.9 Å². The molecule has 0 spiro atoms. The molecule has 2 rings (SSSR count). The van der Waals surface area contributed by atoms with Gasteiger partial charge in [0.1, 0.15) is 0 Å². The zero-order valence-electron chi connectivity index (χ0n) is 8.91. The largest absolute Gasteiger partial charge is 0.374 e. The molecule has 0 atom stereocenters. The molecule has 1 heterocycles. The van der Waals surface area contributed by atoms with Crippen molar-refractivity contribution in [3.05, 3.63) is 18.2 Å². The molecule has 1 N–H and O–H groups in total. The third-order valence-corrected chi connectivity index (χ3v) is 3.27. The highest BCUT2D eigenvalue weighted by atomic mass is 32.2. The molecule has 0 bridgehead atoms. The number of carbonyl (C=O) groups is 1. The van der Waals surface area contributed by atoms with Gasteiger partial charge in [0.2, 0.25) is 5.91 Å². The van der Waals surface area contributed by atoms with Crippen molar-refractivity contribution in [2.75, 3.05) is 29.6 Å². The van der Waals surface area contributed by atoms with E-state index in [9.17, 15) is 4.79 Å². The first-order chi connectivity index (χ1) is 7.26. The number of nitrogens with zero attached hydrogens (tertiary/aromatic N) is 1. The van der Waals surface area contributed by atoms with Crippen molar-refractivity contribution in [2.45, 2.75) is 11.8 Å². The molecule has 0 aliphatic carbocycles. The SMILES string of the molecule is CCN1C(=O)CNc2ccc(SC)cc21. The molecule has 0 saturated heterocycles. The number of fused-ring (bicyclic) bond motifs is 1. The van der Waals surface area contributed by atoms with Crippen LogP contribution in [0.15, 0.2) is 23.1 Å². The van der Waals surface area contributed by atoms with Gasteiger partial charge in [-0.2, -0.15) is 0 Å². The van der Waals surface area contributed by atoms with Gasteiger partial charge in [-0.15, -0.1) is 11.8 Å². The molecular formula is C11H14N2OS. The van der Waals surface area contributed by atoms with E-state index in [2.05, 4.69) is 17.4 Å². The molecule has 1 aliphatic rings. The molecule has 0 radical (unpaired) electrons. The second-order valence-corrected chi connectivity index (χ2v) is 4.25. The van der Waals surface area contributed by atoms with Crippen molar-refractivity contribution >= 4 is 29.0 Å². The molecule has 1 aromatic carbocycles. The second kappa shape index (κ2) is 4.14. The van der Waals surface area contributed by atoms with Crippen molar-refractivity contribution in [1.82, 2.24) is 0 Å². The summed E-state index contributed by atoms with van der Waals surface area (Å²) in [6.07, 6.45) is 2.04. The minimum absolute atomic E-state index is 0.142. The van der Waals surface area contributed by atoms with Crippen LogP contribution in [0.4, 0.5) is 11.4 Å². The summed E-state index contributed by atoms with van der Waals surface area (Å²) in [6.45, 7) is 3.13. The summed E-state index contributed by atoms with van der Waals surface area (Å²) in [7, 11) is 0. The predicted molar refractivity (Wildman–Crippen MR) is 64.7 cm³/mol. The van der Waals surface area contributed by atoms with Crippen LogP contribution in [0.2, 0.25) is 0 Å². The van der Waals surface area contributed by atoms with Crippen molar-refractivity contribution in [1.29, 1.82) is 0 Å². The van der Waals surface area contributed by atoms with Crippen LogP contribution in [0.1, 0.15) is 6.92 Å². The molecule has 15 heavy (non-hydrogen) atoms. The third-order valence-electron chi connectivity index (χ3n) is 2.54. The molecule has 0 aromatic heterocycles. The Hall–Kier alpha value is -1.16. The highest BCUT2D eigenvalue weighted by Gasteiger charge is 2.22. The molecule has 0 unspecified atom stereocenters. The summed E-state index contributed by atoms with van der Waals surface area (Å²) < 4.78 is 0. The molecule has 3 nitrogen and oxygen atoms in total. The normalized spacial score (nSPS) is 14.8. The van der Waals surface area contributed by atoms with E-state index in [-0.39, 0.29) is 5.91 Å². The van der Waals surface area contributed by atoms with Gasteiger partial charge in [0.15, 0.2) is 0 Å². The van der Waals surface area contributed by atoms with Crippen LogP contribution in [0, 0.1) is 0 Å². The molecular weight excluding hydrogens is 208 g/mol. The first-order valence-corrected chi connectivity index (χ1v) is 6.21. The van der Waals surface area contributed by atoms with Crippen LogP contribution in [-0.2, 0) is 4.79 Å². The van der Waals surface area contributed by atoms with Gasteiger partial charge < -0.3 is 10.2 Å². The highest BCUT2D eigenvalue weighted by molar-refractivity contribution is 7.98. The van der Waals surface area contributed by atoms with Crippen molar-refractivity contribution in [3.63, 3.8) is 0 Å².